The molecule has 0 aliphatic rings. The minimum atomic E-state index is -0.831. The molecule has 5 heteroatoms. The van der Waals surface area contributed by atoms with Crippen molar-refractivity contribution in [1.82, 2.24) is 4.98 Å². The number of thiazole rings is 1. The van der Waals surface area contributed by atoms with E-state index in [0.29, 0.717) is 5.69 Å². The third-order valence-corrected chi connectivity index (χ3v) is 3.54. The Hall–Kier alpha value is -1.10. The molecule has 0 saturated heterocycles. The predicted molar refractivity (Wildman–Crippen MR) is 75.3 cm³/mol. The summed E-state index contributed by atoms with van der Waals surface area (Å²) in [6.07, 6.45) is 7.66. The molecule has 0 saturated carbocycles. The molecule has 2 N–H and O–H groups in total. The summed E-state index contributed by atoms with van der Waals surface area (Å²) in [5, 5.41) is 14.5. The zero-order valence-electron chi connectivity index (χ0n) is 10.9. The molecule has 4 nitrogen and oxygen atoms in total. The Kier molecular flexibility index (Phi) is 7.41. The molecule has 102 valence electrons. The summed E-state index contributed by atoms with van der Waals surface area (Å²) in [5.74, 6) is -0.831. The number of carboxylic acids is 1. The summed E-state index contributed by atoms with van der Waals surface area (Å²) >= 11 is 1.48. The largest absolute Gasteiger partial charge is 0.481 e. The summed E-state index contributed by atoms with van der Waals surface area (Å²) in [6, 6.07) is 0. The normalized spacial score (nSPS) is 10.5. The molecule has 0 amide bonds. The van der Waals surface area contributed by atoms with Gasteiger partial charge in [-0.05, 0) is 6.42 Å². The molecular formula is C13H22N2O2S. The van der Waals surface area contributed by atoms with Crippen LogP contribution in [-0.4, -0.2) is 22.6 Å². The van der Waals surface area contributed by atoms with Crippen molar-refractivity contribution in [3.05, 3.63) is 11.1 Å². The van der Waals surface area contributed by atoms with Gasteiger partial charge in [0.2, 0.25) is 0 Å². The fraction of sp³-hybridized carbons (Fsp3) is 0.692. The van der Waals surface area contributed by atoms with Crippen molar-refractivity contribution < 1.29 is 9.90 Å². The predicted octanol–water partition coefficient (Wildman–Crippen LogP) is 3.54. The Labute approximate surface area is 112 Å². The number of anilines is 1. The van der Waals surface area contributed by atoms with Crippen molar-refractivity contribution in [3.8, 4) is 0 Å². The van der Waals surface area contributed by atoms with E-state index in [-0.39, 0.29) is 6.42 Å². The van der Waals surface area contributed by atoms with E-state index in [1.165, 1.54) is 43.4 Å². The third-order valence-electron chi connectivity index (χ3n) is 2.69. The Balaban J connectivity index is 2.08. The van der Waals surface area contributed by atoms with Gasteiger partial charge in [-0.3, -0.25) is 4.79 Å². The minimum Gasteiger partial charge on any atom is -0.481 e. The lowest BCUT2D eigenvalue weighted by Crippen LogP contribution is -2.03. The standard InChI is InChI=1S/C13H22N2O2S/c1-2-3-4-5-6-7-8-14-13-15-11(10-18-13)9-12(16)17/h10H,2-9H2,1H3,(H,14,15)(H,16,17). The van der Waals surface area contributed by atoms with Crippen molar-refractivity contribution in [1.29, 1.82) is 0 Å². The Bertz CT molecular complexity index is 353. The molecule has 0 spiro atoms. The SMILES string of the molecule is CCCCCCCCNc1nc(CC(=O)O)cs1. The summed E-state index contributed by atoms with van der Waals surface area (Å²) in [4.78, 5) is 14.7. The summed E-state index contributed by atoms with van der Waals surface area (Å²) in [6.45, 7) is 3.14. The van der Waals surface area contributed by atoms with Crippen LogP contribution in [0.3, 0.4) is 0 Å². The molecule has 0 radical (unpaired) electrons. The van der Waals surface area contributed by atoms with Gasteiger partial charge in [-0.2, -0.15) is 0 Å². The van der Waals surface area contributed by atoms with Gasteiger partial charge >= 0.3 is 5.97 Å². The van der Waals surface area contributed by atoms with Gasteiger partial charge < -0.3 is 10.4 Å². The minimum absolute atomic E-state index is 0.00912. The monoisotopic (exact) mass is 270 g/mol. The van der Waals surface area contributed by atoms with Crippen LogP contribution < -0.4 is 5.32 Å². The topological polar surface area (TPSA) is 62.2 Å². The molecule has 0 bridgehead atoms. The second kappa shape index (κ2) is 8.91. The van der Waals surface area contributed by atoms with Crippen LogP contribution in [0.1, 0.15) is 51.1 Å². The number of nitrogens with zero attached hydrogens (tertiary/aromatic N) is 1. The van der Waals surface area contributed by atoms with Gasteiger partial charge in [-0.25, -0.2) is 4.98 Å². The number of nitrogens with one attached hydrogen (secondary N) is 1. The Morgan fingerprint density at radius 1 is 1.33 bits per heavy atom. The van der Waals surface area contributed by atoms with E-state index in [1.807, 2.05) is 0 Å². The zero-order chi connectivity index (χ0) is 13.2. The highest BCUT2D eigenvalue weighted by molar-refractivity contribution is 7.13. The smallest absolute Gasteiger partial charge is 0.309 e. The first kappa shape index (κ1) is 15.0. The molecule has 1 aromatic heterocycles. The van der Waals surface area contributed by atoms with Gasteiger partial charge in [-0.1, -0.05) is 39.0 Å². The van der Waals surface area contributed by atoms with E-state index in [0.717, 1.165) is 18.1 Å². The van der Waals surface area contributed by atoms with Crippen LogP contribution in [0.5, 0.6) is 0 Å². The maximum Gasteiger partial charge on any atom is 0.309 e. The van der Waals surface area contributed by atoms with Gasteiger partial charge in [0.05, 0.1) is 12.1 Å². The van der Waals surface area contributed by atoms with Gasteiger partial charge in [0.15, 0.2) is 5.13 Å². The van der Waals surface area contributed by atoms with Gasteiger partial charge in [0.25, 0.3) is 0 Å². The third kappa shape index (κ3) is 6.59. The highest BCUT2D eigenvalue weighted by Gasteiger charge is 2.05. The van der Waals surface area contributed by atoms with E-state index in [9.17, 15) is 4.79 Å². The molecule has 0 aliphatic carbocycles. The van der Waals surface area contributed by atoms with E-state index >= 15 is 0 Å². The first-order chi connectivity index (χ1) is 8.72. The van der Waals surface area contributed by atoms with Crippen LogP contribution in [0.15, 0.2) is 5.38 Å². The van der Waals surface area contributed by atoms with E-state index in [4.69, 9.17) is 5.11 Å². The van der Waals surface area contributed by atoms with E-state index in [1.54, 1.807) is 5.38 Å². The fourth-order valence-electron chi connectivity index (χ4n) is 1.72. The van der Waals surface area contributed by atoms with Crippen LogP contribution in [0.2, 0.25) is 0 Å². The number of hydrogen-bond donors (Lipinski definition) is 2. The van der Waals surface area contributed by atoms with Crippen molar-refractivity contribution in [3.63, 3.8) is 0 Å². The summed E-state index contributed by atoms with van der Waals surface area (Å²) in [5.41, 5.74) is 0.637. The summed E-state index contributed by atoms with van der Waals surface area (Å²) in [7, 11) is 0. The molecule has 0 unspecified atom stereocenters. The number of unbranched alkanes of at least 4 members (excludes halogenated alkanes) is 5. The Morgan fingerprint density at radius 2 is 2.06 bits per heavy atom. The maximum absolute atomic E-state index is 10.5. The first-order valence-electron chi connectivity index (χ1n) is 6.62. The Morgan fingerprint density at radius 3 is 2.78 bits per heavy atom. The van der Waals surface area contributed by atoms with Crippen LogP contribution in [0.4, 0.5) is 5.13 Å². The quantitative estimate of drug-likeness (QED) is 0.638. The molecular weight excluding hydrogens is 248 g/mol. The summed E-state index contributed by atoms with van der Waals surface area (Å²) < 4.78 is 0. The average Bonchev–Trinajstić information content (AvgIpc) is 2.75. The number of hydrogen-bond acceptors (Lipinski definition) is 4. The van der Waals surface area contributed by atoms with Crippen molar-refractivity contribution in [2.45, 2.75) is 51.9 Å². The first-order valence-corrected chi connectivity index (χ1v) is 7.50. The maximum atomic E-state index is 10.5. The molecule has 1 aromatic rings. The van der Waals surface area contributed by atoms with Crippen molar-refractivity contribution in [2.75, 3.05) is 11.9 Å². The van der Waals surface area contributed by atoms with Gasteiger partial charge in [-0.15, -0.1) is 11.3 Å². The number of carboxylic acid groups (broad SMARTS) is 1. The lowest BCUT2D eigenvalue weighted by molar-refractivity contribution is -0.136. The number of carbonyl (C=O) groups is 1. The van der Waals surface area contributed by atoms with Crippen LogP contribution in [-0.2, 0) is 11.2 Å². The number of rotatable bonds is 10. The molecule has 18 heavy (non-hydrogen) atoms. The number of aromatic nitrogens is 1. The lowest BCUT2D eigenvalue weighted by atomic mass is 10.1. The lowest BCUT2D eigenvalue weighted by Gasteiger charge is -2.02. The van der Waals surface area contributed by atoms with E-state index in [2.05, 4.69) is 17.2 Å². The van der Waals surface area contributed by atoms with Gasteiger partial charge in [0.1, 0.15) is 0 Å². The van der Waals surface area contributed by atoms with Crippen molar-refractivity contribution >= 4 is 22.4 Å². The highest BCUT2D eigenvalue weighted by Crippen LogP contribution is 2.16. The molecule has 1 heterocycles. The second-order valence-electron chi connectivity index (χ2n) is 4.41. The molecule has 0 atom stereocenters. The van der Waals surface area contributed by atoms with Crippen LogP contribution in [0, 0.1) is 0 Å². The average molecular weight is 270 g/mol. The second-order valence-corrected chi connectivity index (χ2v) is 5.27. The van der Waals surface area contributed by atoms with E-state index < -0.39 is 5.97 Å². The van der Waals surface area contributed by atoms with Gasteiger partial charge in [0, 0.05) is 11.9 Å². The zero-order valence-corrected chi connectivity index (χ0v) is 11.8. The van der Waals surface area contributed by atoms with Crippen LogP contribution >= 0.6 is 11.3 Å². The molecule has 0 aliphatic heterocycles. The molecule has 0 aromatic carbocycles. The highest BCUT2D eigenvalue weighted by atomic mass is 32.1. The molecule has 1 rings (SSSR count). The van der Waals surface area contributed by atoms with Crippen LogP contribution in [0.25, 0.3) is 0 Å². The van der Waals surface area contributed by atoms with Crippen molar-refractivity contribution in [2.24, 2.45) is 0 Å². The fourth-order valence-corrected chi connectivity index (χ4v) is 2.46. The molecule has 0 fully saturated rings. The number of aliphatic carboxylic acids is 1.